The maximum absolute atomic E-state index is 16.0. The van der Waals surface area contributed by atoms with Crippen LogP contribution in [0, 0.1) is 0 Å². The van der Waals surface area contributed by atoms with E-state index in [0.29, 0.717) is 11.3 Å². The predicted molar refractivity (Wildman–Crippen MR) is 114 cm³/mol. The molecule has 12 nitrogen and oxygen atoms in total. The van der Waals surface area contributed by atoms with Crippen molar-refractivity contribution in [2.24, 2.45) is 0 Å². The summed E-state index contributed by atoms with van der Waals surface area (Å²) in [7, 11) is -1.18. The van der Waals surface area contributed by atoms with E-state index in [1.165, 1.54) is 23.0 Å². The zero-order valence-corrected chi connectivity index (χ0v) is 18.8. The number of imidazole rings is 1. The average Bonchev–Trinajstić information content (AvgIpc) is 3.01. The number of aromatic nitrogens is 4. The van der Waals surface area contributed by atoms with Crippen molar-refractivity contribution in [3.05, 3.63) is 36.7 Å². The summed E-state index contributed by atoms with van der Waals surface area (Å²) in [5, 5.41) is 11.0. The molecule has 3 heterocycles. The van der Waals surface area contributed by atoms with E-state index in [1.807, 2.05) is 0 Å². The molecule has 2 fully saturated rings. The zero-order chi connectivity index (χ0) is 23.8. The molecule has 0 spiro atoms. The summed E-state index contributed by atoms with van der Waals surface area (Å²) in [6.07, 6.45) is -2.68. The minimum absolute atomic E-state index is 0.0455. The zero-order valence-electron chi connectivity index (χ0n) is 17.9. The molecule has 5 rings (SSSR count). The molecule has 0 radical (unpaired) electrons. The third-order valence-corrected chi connectivity index (χ3v) is 6.80. The number of hydrogen-bond acceptors (Lipinski definition) is 10. The largest absolute Gasteiger partial charge is 0.527 e. The van der Waals surface area contributed by atoms with E-state index in [1.54, 1.807) is 37.2 Å². The molecule has 4 N–H and O–H groups in total. The van der Waals surface area contributed by atoms with Crippen molar-refractivity contribution in [1.82, 2.24) is 19.5 Å². The van der Waals surface area contributed by atoms with E-state index >= 15 is 4.39 Å². The molecular formula is C19H22FN6O6P. The predicted octanol–water partition coefficient (Wildman–Crippen LogP) is 1.41. The van der Waals surface area contributed by atoms with Gasteiger partial charge >= 0.3 is 7.82 Å². The summed E-state index contributed by atoms with van der Waals surface area (Å²) < 4.78 is 45.5. The molecule has 2 unspecified atom stereocenters. The van der Waals surface area contributed by atoms with Gasteiger partial charge in [-0.3, -0.25) is 14.0 Å². The standard InChI is InChI=1S/C19H22FN6O6P/c1-18(20)16(26-9-22-11-14(25(2)3)23-17(21)24-15(11)26)30-12-13(19(12,18)27)32-33(28,29)31-10-7-5-4-6-8-10/h4-9,12-13,16,27H,1-3H3,(H,28,29)(H2,21,23,24)/t12-,13?,16-,18+,19+/m1/s1. The van der Waals surface area contributed by atoms with Gasteiger partial charge in [-0.15, -0.1) is 0 Å². The van der Waals surface area contributed by atoms with Crippen molar-refractivity contribution in [2.75, 3.05) is 24.7 Å². The van der Waals surface area contributed by atoms with Crippen LogP contribution >= 0.6 is 7.82 Å². The number of ether oxygens (including phenoxy) is 1. The number of rotatable bonds is 6. The Morgan fingerprint density at radius 3 is 2.61 bits per heavy atom. The first kappa shape index (κ1) is 22.0. The SMILES string of the molecule is CN(C)c1nc(N)nc2c1ncn2[C@@H]1O[C@@H]2C(OP(=O)(O)Oc3ccccc3)[C@]2(O)[C@@]1(C)F. The van der Waals surface area contributed by atoms with Gasteiger partial charge in [-0.05, 0) is 19.1 Å². The number of fused-ring (bicyclic) bond motifs is 2. The lowest BCUT2D eigenvalue weighted by atomic mass is 9.97. The van der Waals surface area contributed by atoms with Crippen LogP contribution < -0.4 is 15.2 Å². The number of nitrogens with zero attached hydrogens (tertiary/aromatic N) is 5. The molecule has 1 aromatic carbocycles. The van der Waals surface area contributed by atoms with Crippen molar-refractivity contribution in [3.63, 3.8) is 0 Å². The van der Waals surface area contributed by atoms with Crippen molar-refractivity contribution >= 4 is 30.8 Å². The number of nitrogen functional groups attached to an aromatic ring is 1. The van der Waals surface area contributed by atoms with Gasteiger partial charge in [-0.1, -0.05) is 18.2 Å². The third kappa shape index (κ3) is 3.27. The highest BCUT2D eigenvalue weighted by Crippen LogP contribution is 2.66. The summed E-state index contributed by atoms with van der Waals surface area (Å²) in [5.74, 6) is 0.469. The fourth-order valence-electron chi connectivity index (χ4n) is 4.15. The number of para-hydroxylation sites is 1. The van der Waals surface area contributed by atoms with Gasteiger partial charge in [-0.2, -0.15) is 9.97 Å². The van der Waals surface area contributed by atoms with Crippen LogP contribution in [-0.4, -0.2) is 67.1 Å². The molecule has 176 valence electrons. The van der Waals surface area contributed by atoms with Gasteiger partial charge in [0.1, 0.15) is 18.0 Å². The molecular weight excluding hydrogens is 458 g/mol. The number of phosphoric acid groups is 1. The monoisotopic (exact) mass is 480 g/mol. The van der Waals surface area contributed by atoms with Crippen molar-refractivity contribution in [1.29, 1.82) is 0 Å². The van der Waals surface area contributed by atoms with Gasteiger partial charge in [0, 0.05) is 14.1 Å². The van der Waals surface area contributed by atoms with E-state index in [9.17, 15) is 14.6 Å². The molecule has 6 atom stereocenters. The van der Waals surface area contributed by atoms with Gasteiger partial charge < -0.3 is 25.0 Å². The molecule has 2 aliphatic rings. The number of phosphoric ester groups is 1. The Morgan fingerprint density at radius 2 is 2.00 bits per heavy atom. The Labute approximate surface area is 187 Å². The van der Waals surface area contributed by atoms with Crippen LogP contribution in [0.3, 0.4) is 0 Å². The van der Waals surface area contributed by atoms with Gasteiger partial charge in [0.25, 0.3) is 0 Å². The van der Waals surface area contributed by atoms with Crippen LogP contribution in [0.5, 0.6) is 5.75 Å². The number of hydrogen-bond donors (Lipinski definition) is 3. The van der Waals surface area contributed by atoms with Crippen LogP contribution in [0.15, 0.2) is 36.7 Å². The second-order valence-electron chi connectivity index (χ2n) is 8.33. The Bertz CT molecular complexity index is 1270. The van der Waals surface area contributed by atoms with Crippen LogP contribution in [0.4, 0.5) is 16.2 Å². The highest BCUT2D eigenvalue weighted by atomic mass is 31.2. The van der Waals surface area contributed by atoms with Crippen molar-refractivity contribution < 1.29 is 32.7 Å². The molecule has 14 heteroatoms. The van der Waals surface area contributed by atoms with Crippen LogP contribution in [0.2, 0.25) is 0 Å². The first-order chi connectivity index (χ1) is 15.5. The fourth-order valence-corrected chi connectivity index (χ4v) is 5.14. The number of benzene rings is 1. The molecule has 1 saturated carbocycles. The fraction of sp³-hybridized carbons (Fsp3) is 0.421. The second kappa shape index (κ2) is 7.08. The van der Waals surface area contributed by atoms with Gasteiger partial charge in [-0.25, -0.2) is 13.9 Å². The Kier molecular flexibility index (Phi) is 4.72. The lowest BCUT2D eigenvalue weighted by Gasteiger charge is -2.31. The summed E-state index contributed by atoms with van der Waals surface area (Å²) >= 11 is 0. The van der Waals surface area contributed by atoms with E-state index in [0.717, 1.165) is 6.92 Å². The van der Waals surface area contributed by atoms with Gasteiger partial charge in [0.05, 0.1) is 6.33 Å². The van der Waals surface area contributed by atoms with Crippen molar-refractivity contribution in [3.8, 4) is 5.75 Å². The van der Waals surface area contributed by atoms with E-state index < -0.39 is 37.5 Å². The molecule has 1 aliphatic heterocycles. The first-order valence-electron chi connectivity index (χ1n) is 9.95. The Hall–Kier alpha value is -2.83. The lowest BCUT2D eigenvalue weighted by molar-refractivity contribution is -0.112. The van der Waals surface area contributed by atoms with Crippen LogP contribution in [0.25, 0.3) is 11.2 Å². The maximum atomic E-state index is 16.0. The smallest absolute Gasteiger partial charge is 0.404 e. The average molecular weight is 480 g/mol. The third-order valence-electron chi connectivity index (χ3n) is 5.86. The number of nitrogens with two attached hydrogens (primary N) is 1. The minimum atomic E-state index is -4.67. The number of halogens is 1. The first-order valence-corrected chi connectivity index (χ1v) is 11.4. The summed E-state index contributed by atoms with van der Waals surface area (Å²) in [4.78, 5) is 24.3. The number of aliphatic hydroxyl groups is 1. The van der Waals surface area contributed by atoms with Gasteiger partial charge in [0.15, 0.2) is 34.5 Å². The maximum Gasteiger partial charge on any atom is 0.527 e. The molecule has 3 aromatic rings. The van der Waals surface area contributed by atoms with Crippen LogP contribution in [-0.2, 0) is 13.8 Å². The van der Waals surface area contributed by atoms with E-state index in [2.05, 4.69) is 15.0 Å². The lowest BCUT2D eigenvalue weighted by Crippen LogP contribution is -2.45. The van der Waals surface area contributed by atoms with E-state index in [-0.39, 0.29) is 17.3 Å². The Morgan fingerprint density at radius 1 is 1.30 bits per heavy atom. The van der Waals surface area contributed by atoms with Crippen LogP contribution in [0.1, 0.15) is 13.2 Å². The molecule has 0 amide bonds. The topological polar surface area (TPSA) is 158 Å². The van der Waals surface area contributed by atoms with Gasteiger partial charge in [0.2, 0.25) is 5.95 Å². The Balaban J connectivity index is 1.41. The summed E-state index contributed by atoms with van der Waals surface area (Å²) in [6, 6.07) is 7.83. The molecule has 1 saturated heterocycles. The molecule has 0 bridgehead atoms. The summed E-state index contributed by atoms with van der Waals surface area (Å²) in [5.41, 5.74) is 1.74. The van der Waals surface area contributed by atoms with Crippen molar-refractivity contribution in [2.45, 2.75) is 36.6 Å². The highest BCUT2D eigenvalue weighted by Gasteiger charge is 2.85. The minimum Gasteiger partial charge on any atom is -0.404 e. The number of anilines is 2. The van der Waals surface area contributed by atoms with E-state index in [4.69, 9.17) is 19.5 Å². The molecule has 2 aromatic heterocycles. The molecule has 1 aliphatic carbocycles. The quantitative estimate of drug-likeness (QED) is 0.438. The molecule has 33 heavy (non-hydrogen) atoms. The number of alkyl halides is 1. The second-order valence-corrected chi connectivity index (χ2v) is 9.66. The highest BCUT2D eigenvalue weighted by molar-refractivity contribution is 7.47. The normalized spacial score (nSPS) is 32.4. The summed E-state index contributed by atoms with van der Waals surface area (Å²) in [6.45, 7) is 1.12.